The molecule has 0 aliphatic rings. The van der Waals surface area contributed by atoms with Crippen molar-refractivity contribution in [1.82, 2.24) is 4.31 Å². The summed E-state index contributed by atoms with van der Waals surface area (Å²) >= 11 is 0. The zero-order chi connectivity index (χ0) is 13.9. The Hall–Kier alpha value is -1.13. The lowest BCUT2D eigenvalue weighted by molar-refractivity contribution is -0.146. The molecular weight excluding hydrogens is 244 g/mol. The number of hydrogen-bond acceptors (Lipinski definition) is 4. The second-order valence-electron chi connectivity index (χ2n) is 4.10. The van der Waals surface area contributed by atoms with Gasteiger partial charge < -0.3 is 5.11 Å². The number of hydrogen-bond donors (Lipinski definition) is 1. The van der Waals surface area contributed by atoms with Gasteiger partial charge in [-0.2, -0.15) is 9.57 Å². The molecule has 6 nitrogen and oxygen atoms in total. The van der Waals surface area contributed by atoms with Gasteiger partial charge in [0.1, 0.15) is 5.54 Å². The number of aliphatic carboxylic acids is 1. The van der Waals surface area contributed by atoms with E-state index < -0.39 is 26.8 Å². The Kier molecular flexibility index (Phi) is 5.11. The maximum atomic E-state index is 12.1. The van der Waals surface area contributed by atoms with Crippen LogP contribution >= 0.6 is 0 Å². The molecule has 0 spiro atoms. The van der Waals surface area contributed by atoms with Crippen LogP contribution in [-0.4, -0.2) is 41.1 Å². The summed E-state index contributed by atoms with van der Waals surface area (Å²) in [7, 11) is -3.92. The van der Waals surface area contributed by atoms with E-state index in [2.05, 4.69) is 0 Å². The zero-order valence-electron chi connectivity index (χ0n) is 10.5. The number of sulfonamides is 1. The number of carbonyl (C=O) groups is 1. The third kappa shape index (κ3) is 2.96. The SMILES string of the molecule is CCC(C#N)S(=O)(=O)N(CC)C(C)(C)C(=O)O. The predicted octanol–water partition coefficient (Wildman–Crippen LogP) is 0.803. The van der Waals surface area contributed by atoms with Crippen LogP contribution in [0.4, 0.5) is 0 Å². The molecule has 0 radical (unpaired) electrons. The van der Waals surface area contributed by atoms with Crippen LogP contribution in [0.5, 0.6) is 0 Å². The first-order valence-corrected chi connectivity index (χ1v) is 6.81. The summed E-state index contributed by atoms with van der Waals surface area (Å²) in [4.78, 5) is 11.1. The Labute approximate surface area is 102 Å². The Balaban J connectivity index is 5.58. The molecule has 0 aromatic carbocycles. The van der Waals surface area contributed by atoms with Crippen molar-refractivity contribution in [1.29, 1.82) is 5.26 Å². The fourth-order valence-corrected chi connectivity index (χ4v) is 3.46. The highest BCUT2D eigenvalue weighted by Crippen LogP contribution is 2.23. The molecule has 0 rings (SSSR count). The highest BCUT2D eigenvalue weighted by molar-refractivity contribution is 7.90. The average Bonchev–Trinajstić information content (AvgIpc) is 2.18. The minimum atomic E-state index is -3.92. The van der Waals surface area contributed by atoms with Crippen LogP contribution in [0.15, 0.2) is 0 Å². The average molecular weight is 262 g/mol. The fourth-order valence-electron chi connectivity index (χ4n) is 1.52. The van der Waals surface area contributed by atoms with Gasteiger partial charge in [0.05, 0.1) is 6.07 Å². The molecular formula is C10H18N2O4S. The number of rotatable bonds is 6. The largest absolute Gasteiger partial charge is 0.480 e. The first kappa shape index (κ1) is 15.9. The van der Waals surface area contributed by atoms with E-state index in [1.807, 2.05) is 0 Å². The molecule has 17 heavy (non-hydrogen) atoms. The van der Waals surface area contributed by atoms with Crippen LogP contribution in [0.1, 0.15) is 34.1 Å². The van der Waals surface area contributed by atoms with E-state index in [4.69, 9.17) is 10.4 Å². The third-order valence-corrected chi connectivity index (χ3v) is 5.10. The number of carboxylic acid groups (broad SMARTS) is 1. The van der Waals surface area contributed by atoms with Gasteiger partial charge in [0.15, 0.2) is 5.25 Å². The molecule has 7 heteroatoms. The van der Waals surface area contributed by atoms with Crippen molar-refractivity contribution in [3.8, 4) is 6.07 Å². The first-order valence-electron chi connectivity index (χ1n) is 5.30. The minimum Gasteiger partial charge on any atom is -0.480 e. The van der Waals surface area contributed by atoms with E-state index in [-0.39, 0.29) is 13.0 Å². The molecule has 1 unspecified atom stereocenters. The van der Waals surface area contributed by atoms with Crippen molar-refractivity contribution in [2.75, 3.05) is 6.54 Å². The van der Waals surface area contributed by atoms with E-state index in [1.54, 1.807) is 19.9 Å². The Morgan fingerprint density at radius 3 is 2.18 bits per heavy atom. The lowest BCUT2D eigenvalue weighted by Crippen LogP contribution is -2.55. The van der Waals surface area contributed by atoms with Crippen LogP contribution in [0, 0.1) is 11.3 Å². The van der Waals surface area contributed by atoms with Crippen molar-refractivity contribution in [3.63, 3.8) is 0 Å². The predicted molar refractivity (Wildman–Crippen MR) is 62.7 cm³/mol. The molecule has 0 bridgehead atoms. The molecule has 1 atom stereocenters. The minimum absolute atomic E-state index is 0.0137. The molecule has 0 heterocycles. The Morgan fingerprint density at radius 2 is 1.94 bits per heavy atom. The molecule has 0 saturated heterocycles. The topological polar surface area (TPSA) is 98.5 Å². The van der Waals surface area contributed by atoms with Crippen molar-refractivity contribution < 1.29 is 18.3 Å². The molecule has 0 aliphatic heterocycles. The number of carboxylic acids is 1. The van der Waals surface area contributed by atoms with Crippen molar-refractivity contribution in [2.24, 2.45) is 0 Å². The van der Waals surface area contributed by atoms with Crippen LogP contribution in [0.3, 0.4) is 0 Å². The monoisotopic (exact) mass is 262 g/mol. The highest BCUT2D eigenvalue weighted by Gasteiger charge is 2.44. The van der Waals surface area contributed by atoms with Crippen LogP contribution in [-0.2, 0) is 14.8 Å². The Morgan fingerprint density at radius 1 is 1.47 bits per heavy atom. The Bertz CT molecular complexity index is 422. The highest BCUT2D eigenvalue weighted by atomic mass is 32.2. The lowest BCUT2D eigenvalue weighted by Gasteiger charge is -2.34. The summed E-state index contributed by atoms with van der Waals surface area (Å²) < 4.78 is 25.1. The number of likely N-dealkylation sites (N-methyl/N-ethyl adjacent to an activating group) is 1. The summed E-state index contributed by atoms with van der Waals surface area (Å²) in [5.74, 6) is -1.24. The van der Waals surface area contributed by atoms with E-state index in [1.165, 1.54) is 13.8 Å². The van der Waals surface area contributed by atoms with Gasteiger partial charge in [-0.3, -0.25) is 4.79 Å². The molecule has 0 aromatic heterocycles. The normalized spacial score (nSPS) is 14.4. The number of nitrogens with zero attached hydrogens (tertiary/aromatic N) is 2. The lowest BCUT2D eigenvalue weighted by atomic mass is 10.1. The molecule has 98 valence electrons. The molecule has 0 aliphatic carbocycles. The summed E-state index contributed by atoms with van der Waals surface area (Å²) in [5.41, 5.74) is -1.56. The molecule has 0 fully saturated rings. The van der Waals surface area contributed by atoms with Crippen molar-refractivity contribution in [3.05, 3.63) is 0 Å². The second kappa shape index (κ2) is 5.47. The van der Waals surface area contributed by atoms with Gasteiger partial charge in [-0.1, -0.05) is 13.8 Å². The quantitative estimate of drug-likeness (QED) is 0.763. The van der Waals surface area contributed by atoms with Crippen molar-refractivity contribution >= 4 is 16.0 Å². The van der Waals surface area contributed by atoms with Gasteiger partial charge in [-0.05, 0) is 20.3 Å². The summed E-state index contributed by atoms with van der Waals surface area (Å²) in [5, 5.41) is 16.6. The summed E-state index contributed by atoms with van der Waals surface area (Å²) in [6.45, 7) is 5.75. The van der Waals surface area contributed by atoms with Crippen LogP contribution in [0.2, 0.25) is 0 Å². The first-order chi connectivity index (χ1) is 7.66. The van der Waals surface area contributed by atoms with Gasteiger partial charge in [-0.15, -0.1) is 0 Å². The van der Waals surface area contributed by atoms with E-state index in [9.17, 15) is 13.2 Å². The van der Waals surface area contributed by atoms with E-state index >= 15 is 0 Å². The van der Waals surface area contributed by atoms with Crippen LogP contribution in [0.25, 0.3) is 0 Å². The van der Waals surface area contributed by atoms with E-state index in [0.717, 1.165) is 4.31 Å². The van der Waals surface area contributed by atoms with Gasteiger partial charge in [0.25, 0.3) is 0 Å². The maximum absolute atomic E-state index is 12.1. The second-order valence-corrected chi connectivity index (χ2v) is 6.14. The van der Waals surface area contributed by atoms with Crippen LogP contribution < -0.4 is 0 Å². The maximum Gasteiger partial charge on any atom is 0.324 e. The van der Waals surface area contributed by atoms with Gasteiger partial charge in [0.2, 0.25) is 10.0 Å². The molecule has 0 amide bonds. The third-order valence-electron chi connectivity index (χ3n) is 2.62. The van der Waals surface area contributed by atoms with E-state index in [0.29, 0.717) is 0 Å². The summed E-state index contributed by atoms with van der Waals surface area (Å²) in [6, 6.07) is 1.70. The molecule has 1 N–H and O–H groups in total. The number of nitriles is 1. The molecule has 0 aromatic rings. The zero-order valence-corrected chi connectivity index (χ0v) is 11.3. The summed E-state index contributed by atoms with van der Waals surface area (Å²) in [6.07, 6.45) is 0.130. The fraction of sp³-hybridized carbons (Fsp3) is 0.800. The smallest absolute Gasteiger partial charge is 0.324 e. The van der Waals surface area contributed by atoms with Gasteiger partial charge >= 0.3 is 5.97 Å². The van der Waals surface area contributed by atoms with Crippen molar-refractivity contribution in [2.45, 2.75) is 44.9 Å². The van der Waals surface area contributed by atoms with Gasteiger partial charge in [-0.25, -0.2) is 8.42 Å². The van der Waals surface area contributed by atoms with Gasteiger partial charge in [0, 0.05) is 6.54 Å². The standard InChI is InChI=1S/C10H18N2O4S/c1-5-8(7-11)17(15,16)12(6-2)10(3,4)9(13)14/h8H,5-6H2,1-4H3,(H,13,14). The molecule has 0 saturated carbocycles.